The molecule has 0 saturated heterocycles. The summed E-state index contributed by atoms with van der Waals surface area (Å²) in [5, 5.41) is 0. The van der Waals surface area contributed by atoms with Gasteiger partial charge in [-0.05, 0) is 23.6 Å². The van der Waals surface area contributed by atoms with Crippen molar-refractivity contribution < 1.29 is 4.74 Å². The zero-order valence-electron chi connectivity index (χ0n) is 14.7. The Morgan fingerprint density at radius 2 is 1.79 bits per heavy atom. The normalized spacial score (nSPS) is 11.9. The molecule has 6 nitrogen and oxygen atoms in total. The minimum Gasteiger partial charge on any atom is -0.481 e. The Kier molecular flexibility index (Phi) is 3.91. The van der Waals surface area contributed by atoms with E-state index in [1.54, 1.807) is 29.4 Å². The van der Waals surface area contributed by atoms with Gasteiger partial charge < -0.3 is 4.74 Å². The van der Waals surface area contributed by atoms with Crippen LogP contribution in [0.4, 0.5) is 0 Å². The van der Waals surface area contributed by atoms with Gasteiger partial charge in [-0.2, -0.15) is 0 Å². The SMILES string of the molecule is COc1cccc(-c2ccc3c(n2)n(C)c(=O)n3CC(C)(C)C)n1. The van der Waals surface area contributed by atoms with Crippen LogP contribution in [0.2, 0.25) is 0 Å². The minimum atomic E-state index is -0.0526. The van der Waals surface area contributed by atoms with Crippen LogP contribution in [0.5, 0.6) is 5.88 Å². The van der Waals surface area contributed by atoms with Crippen LogP contribution >= 0.6 is 0 Å². The monoisotopic (exact) mass is 326 g/mol. The van der Waals surface area contributed by atoms with E-state index in [4.69, 9.17) is 4.74 Å². The number of ether oxygens (including phenoxy) is 1. The second-order valence-electron chi connectivity index (χ2n) is 7.09. The van der Waals surface area contributed by atoms with Gasteiger partial charge in [0.1, 0.15) is 0 Å². The molecular formula is C18H22N4O2. The molecule has 0 unspecified atom stereocenters. The lowest BCUT2D eigenvalue weighted by molar-refractivity contribution is 0.342. The number of nitrogens with zero attached hydrogens (tertiary/aromatic N) is 4. The summed E-state index contributed by atoms with van der Waals surface area (Å²) < 4.78 is 8.54. The molecule has 0 radical (unpaired) electrons. The van der Waals surface area contributed by atoms with Crippen LogP contribution in [0, 0.1) is 5.41 Å². The Morgan fingerprint density at radius 3 is 2.46 bits per heavy atom. The summed E-state index contributed by atoms with van der Waals surface area (Å²) >= 11 is 0. The van der Waals surface area contributed by atoms with E-state index in [-0.39, 0.29) is 11.1 Å². The van der Waals surface area contributed by atoms with Crippen molar-refractivity contribution in [2.24, 2.45) is 12.5 Å². The average Bonchev–Trinajstić information content (AvgIpc) is 2.78. The van der Waals surface area contributed by atoms with Crippen LogP contribution < -0.4 is 10.4 Å². The number of hydrogen-bond acceptors (Lipinski definition) is 4. The second kappa shape index (κ2) is 5.78. The van der Waals surface area contributed by atoms with Gasteiger partial charge >= 0.3 is 5.69 Å². The summed E-state index contributed by atoms with van der Waals surface area (Å²) in [6, 6.07) is 9.37. The third-order valence-corrected chi connectivity index (χ3v) is 3.81. The van der Waals surface area contributed by atoms with E-state index in [9.17, 15) is 4.79 Å². The van der Waals surface area contributed by atoms with E-state index in [0.717, 1.165) is 5.52 Å². The van der Waals surface area contributed by atoms with E-state index >= 15 is 0 Å². The highest BCUT2D eigenvalue weighted by Gasteiger charge is 2.19. The zero-order valence-corrected chi connectivity index (χ0v) is 14.7. The second-order valence-corrected chi connectivity index (χ2v) is 7.09. The summed E-state index contributed by atoms with van der Waals surface area (Å²) in [5.41, 5.74) is 2.88. The Morgan fingerprint density at radius 1 is 1.08 bits per heavy atom. The van der Waals surface area contributed by atoms with Gasteiger partial charge in [0.25, 0.3) is 0 Å². The lowest BCUT2D eigenvalue weighted by atomic mass is 9.97. The molecule has 24 heavy (non-hydrogen) atoms. The molecule has 0 amide bonds. The molecule has 126 valence electrons. The maximum Gasteiger partial charge on any atom is 0.330 e. The molecule has 0 aliphatic heterocycles. The highest BCUT2D eigenvalue weighted by Crippen LogP contribution is 2.23. The summed E-state index contributed by atoms with van der Waals surface area (Å²) in [5.74, 6) is 0.536. The number of hydrogen-bond donors (Lipinski definition) is 0. The fourth-order valence-electron chi connectivity index (χ4n) is 2.71. The van der Waals surface area contributed by atoms with Crippen LogP contribution in [0.15, 0.2) is 35.1 Å². The van der Waals surface area contributed by atoms with E-state index in [0.29, 0.717) is 29.5 Å². The minimum absolute atomic E-state index is 0.00509. The maximum atomic E-state index is 12.6. The van der Waals surface area contributed by atoms with Crippen molar-refractivity contribution in [3.05, 3.63) is 40.8 Å². The molecule has 0 aromatic carbocycles. The molecule has 3 heterocycles. The highest BCUT2D eigenvalue weighted by atomic mass is 16.5. The predicted octanol–water partition coefficient (Wildman–Crippen LogP) is 2.85. The number of aromatic nitrogens is 4. The molecule has 6 heteroatoms. The lowest BCUT2D eigenvalue weighted by Crippen LogP contribution is -2.27. The van der Waals surface area contributed by atoms with E-state index in [1.165, 1.54) is 0 Å². The number of aryl methyl sites for hydroxylation is 1. The van der Waals surface area contributed by atoms with Crippen LogP contribution in [0.25, 0.3) is 22.6 Å². The van der Waals surface area contributed by atoms with Crippen molar-refractivity contribution >= 4 is 11.2 Å². The van der Waals surface area contributed by atoms with Gasteiger partial charge in [-0.3, -0.25) is 9.13 Å². The summed E-state index contributed by atoms with van der Waals surface area (Å²) in [7, 11) is 3.33. The van der Waals surface area contributed by atoms with Gasteiger partial charge in [0.05, 0.1) is 24.0 Å². The molecule has 3 rings (SSSR count). The van der Waals surface area contributed by atoms with Crippen LogP contribution in [0.3, 0.4) is 0 Å². The number of pyridine rings is 2. The first-order valence-electron chi connectivity index (χ1n) is 7.88. The first-order chi connectivity index (χ1) is 11.3. The standard InChI is InChI=1S/C18H22N4O2/c1-18(2,3)11-22-14-10-9-13(20-16(14)21(4)17(22)23)12-7-6-8-15(19-12)24-5/h6-10H,11H2,1-5H3. The number of imidazole rings is 1. The molecular weight excluding hydrogens is 304 g/mol. The van der Waals surface area contributed by atoms with E-state index in [2.05, 4.69) is 30.7 Å². The number of fused-ring (bicyclic) bond motifs is 1. The van der Waals surface area contributed by atoms with Crippen molar-refractivity contribution in [3.8, 4) is 17.3 Å². The third kappa shape index (κ3) is 2.91. The molecule has 0 aliphatic rings. The van der Waals surface area contributed by atoms with E-state index in [1.807, 2.05) is 24.3 Å². The molecule has 0 N–H and O–H groups in total. The fourth-order valence-corrected chi connectivity index (χ4v) is 2.71. The van der Waals surface area contributed by atoms with Gasteiger partial charge in [-0.15, -0.1) is 0 Å². The summed E-state index contributed by atoms with van der Waals surface area (Å²) in [6.07, 6.45) is 0. The molecule has 0 atom stereocenters. The van der Waals surface area contributed by atoms with Crippen molar-refractivity contribution in [2.45, 2.75) is 27.3 Å². The maximum absolute atomic E-state index is 12.6. The Labute approximate surface area is 140 Å². The quantitative estimate of drug-likeness (QED) is 0.742. The molecule has 0 bridgehead atoms. The molecule has 3 aromatic heterocycles. The van der Waals surface area contributed by atoms with Crippen molar-refractivity contribution in [1.29, 1.82) is 0 Å². The molecule has 0 spiro atoms. The predicted molar refractivity (Wildman–Crippen MR) is 94.2 cm³/mol. The Hall–Kier alpha value is -2.63. The molecule has 0 aliphatic carbocycles. The highest BCUT2D eigenvalue weighted by molar-refractivity contribution is 5.75. The zero-order chi connectivity index (χ0) is 17.5. The lowest BCUT2D eigenvalue weighted by Gasteiger charge is -2.18. The molecule has 3 aromatic rings. The number of rotatable bonds is 3. The number of methoxy groups -OCH3 is 1. The van der Waals surface area contributed by atoms with Gasteiger partial charge in [0.15, 0.2) is 5.65 Å². The fraction of sp³-hybridized carbons (Fsp3) is 0.389. The summed E-state index contributed by atoms with van der Waals surface area (Å²) in [4.78, 5) is 21.6. The smallest absolute Gasteiger partial charge is 0.330 e. The van der Waals surface area contributed by atoms with Gasteiger partial charge in [-0.1, -0.05) is 26.8 Å². The van der Waals surface area contributed by atoms with Crippen LogP contribution in [-0.4, -0.2) is 26.2 Å². The third-order valence-electron chi connectivity index (χ3n) is 3.81. The first kappa shape index (κ1) is 16.2. The topological polar surface area (TPSA) is 61.9 Å². The molecule has 0 fully saturated rings. The summed E-state index contributed by atoms with van der Waals surface area (Å²) in [6.45, 7) is 6.97. The Bertz CT molecular complexity index is 948. The van der Waals surface area contributed by atoms with Crippen molar-refractivity contribution in [3.63, 3.8) is 0 Å². The Balaban J connectivity index is 2.15. The largest absolute Gasteiger partial charge is 0.481 e. The van der Waals surface area contributed by atoms with Crippen molar-refractivity contribution in [1.82, 2.24) is 19.1 Å². The van der Waals surface area contributed by atoms with E-state index < -0.39 is 0 Å². The first-order valence-corrected chi connectivity index (χ1v) is 7.88. The molecule has 0 saturated carbocycles. The van der Waals surface area contributed by atoms with Crippen LogP contribution in [0.1, 0.15) is 20.8 Å². The van der Waals surface area contributed by atoms with Gasteiger partial charge in [0.2, 0.25) is 5.88 Å². The van der Waals surface area contributed by atoms with Gasteiger partial charge in [0, 0.05) is 19.7 Å². The van der Waals surface area contributed by atoms with Gasteiger partial charge in [-0.25, -0.2) is 14.8 Å². The average molecular weight is 326 g/mol. The van der Waals surface area contributed by atoms with Crippen LogP contribution in [-0.2, 0) is 13.6 Å². The van der Waals surface area contributed by atoms with Crippen molar-refractivity contribution in [2.75, 3.05) is 7.11 Å².